The Labute approximate surface area is 294 Å². The standard InChI is InChI=1S/C38H39ClFN5O3S/c1-43-22-26(21-41-43)35-33(39)13-12-32-31-7-6-15-48-34-18-24(17-25-19-27(40)9-11-30(25)34)8-10-29-20-28(42-44(29)2)23-49-16-5-4-14-45(36(32)35)37(31)38(46)47-3/h9,11-13,17-22H,4-8,10,14-16,23H2,1-3H3. The Bertz CT molecular complexity index is 2170. The number of thioether (sulfide) groups is 1. The van der Waals surface area contributed by atoms with Crippen LogP contribution in [0.4, 0.5) is 4.39 Å². The summed E-state index contributed by atoms with van der Waals surface area (Å²) in [4.78, 5) is 13.6. The molecule has 3 aromatic carbocycles. The average molecular weight is 700 g/mol. The van der Waals surface area contributed by atoms with E-state index in [1.165, 1.54) is 13.2 Å². The summed E-state index contributed by atoms with van der Waals surface area (Å²) in [6, 6.07) is 15.0. The van der Waals surface area contributed by atoms with Gasteiger partial charge >= 0.3 is 5.97 Å². The third-order valence-corrected chi connectivity index (χ3v) is 10.7. The van der Waals surface area contributed by atoms with E-state index in [0.717, 1.165) is 98.3 Å². The van der Waals surface area contributed by atoms with E-state index in [1.807, 2.05) is 55.1 Å². The van der Waals surface area contributed by atoms with Crippen LogP contribution >= 0.6 is 23.4 Å². The fraction of sp³-hybridized carbons (Fsp3) is 0.342. The average Bonchev–Trinajstić information content (AvgIpc) is 3.77. The van der Waals surface area contributed by atoms with Crippen LogP contribution in [0.3, 0.4) is 0 Å². The van der Waals surface area contributed by atoms with Crippen LogP contribution in [0, 0.1) is 5.82 Å². The van der Waals surface area contributed by atoms with Gasteiger partial charge in [0, 0.05) is 60.2 Å². The number of rotatable bonds is 2. The molecule has 0 amide bonds. The van der Waals surface area contributed by atoms with Gasteiger partial charge in [-0.1, -0.05) is 23.7 Å². The molecule has 0 unspecified atom stereocenters. The maximum Gasteiger partial charge on any atom is 0.354 e. The van der Waals surface area contributed by atoms with E-state index >= 15 is 0 Å². The van der Waals surface area contributed by atoms with E-state index in [4.69, 9.17) is 26.2 Å². The Morgan fingerprint density at radius 3 is 2.69 bits per heavy atom. The molecule has 6 aromatic rings. The largest absolute Gasteiger partial charge is 0.493 e. The second-order valence-electron chi connectivity index (χ2n) is 12.6. The van der Waals surface area contributed by atoms with Gasteiger partial charge in [-0.25, -0.2) is 9.18 Å². The molecule has 0 N–H and O–H groups in total. The molecule has 1 aliphatic heterocycles. The van der Waals surface area contributed by atoms with Crippen LogP contribution in [-0.2, 0) is 50.4 Å². The van der Waals surface area contributed by atoms with Gasteiger partial charge in [0.25, 0.3) is 0 Å². The number of aryl methyl sites for hydroxylation is 6. The molecule has 0 saturated heterocycles. The van der Waals surface area contributed by atoms with Crippen LogP contribution in [0.15, 0.2) is 60.9 Å². The molecule has 3 aromatic heterocycles. The van der Waals surface area contributed by atoms with Crippen molar-refractivity contribution in [3.8, 4) is 16.9 Å². The first-order chi connectivity index (χ1) is 23.8. The Kier molecular flexibility index (Phi) is 9.69. The number of benzene rings is 3. The molecule has 8 nitrogen and oxygen atoms in total. The van der Waals surface area contributed by atoms with Crippen molar-refractivity contribution in [2.45, 2.75) is 50.8 Å². The van der Waals surface area contributed by atoms with E-state index in [-0.39, 0.29) is 11.8 Å². The summed E-state index contributed by atoms with van der Waals surface area (Å²) in [7, 11) is 5.30. The Balaban J connectivity index is 1.30. The maximum atomic E-state index is 14.4. The highest BCUT2D eigenvalue weighted by Crippen LogP contribution is 2.40. The molecule has 1 aliphatic rings. The first-order valence-corrected chi connectivity index (χ1v) is 18.2. The molecule has 0 spiro atoms. The minimum absolute atomic E-state index is 0.278. The van der Waals surface area contributed by atoms with Crippen molar-refractivity contribution in [3.05, 3.63) is 100.0 Å². The number of aromatic nitrogens is 5. The predicted octanol–water partition coefficient (Wildman–Crippen LogP) is 8.33. The molecular formula is C38H39ClFN5O3S. The second kappa shape index (κ2) is 14.3. The highest BCUT2D eigenvalue weighted by molar-refractivity contribution is 7.98. The number of methoxy groups -OCH3 is 1. The number of halogens is 2. The zero-order valence-corrected chi connectivity index (χ0v) is 29.5. The van der Waals surface area contributed by atoms with Crippen molar-refractivity contribution in [1.29, 1.82) is 0 Å². The van der Waals surface area contributed by atoms with Gasteiger partial charge in [0.15, 0.2) is 0 Å². The van der Waals surface area contributed by atoms with Gasteiger partial charge in [-0.05, 0) is 97.2 Å². The van der Waals surface area contributed by atoms with E-state index in [0.29, 0.717) is 36.7 Å². The Hall–Kier alpha value is -4.28. The number of carbonyl (C=O) groups excluding carboxylic acids is 1. The molecule has 254 valence electrons. The quantitative estimate of drug-likeness (QED) is 0.169. The third-order valence-electron chi connectivity index (χ3n) is 9.28. The molecular weight excluding hydrogens is 661 g/mol. The predicted molar refractivity (Wildman–Crippen MR) is 194 cm³/mol. The van der Waals surface area contributed by atoms with Gasteiger partial charge in [-0.15, -0.1) is 0 Å². The smallest absolute Gasteiger partial charge is 0.354 e. The number of fused-ring (bicyclic) bond motifs is 11. The number of ether oxygens (including phenoxy) is 2. The Morgan fingerprint density at radius 1 is 1.02 bits per heavy atom. The lowest BCUT2D eigenvalue weighted by atomic mass is 10.0. The van der Waals surface area contributed by atoms with Gasteiger partial charge < -0.3 is 14.0 Å². The maximum absolute atomic E-state index is 14.4. The number of esters is 1. The number of hydrogen-bond donors (Lipinski definition) is 0. The zero-order chi connectivity index (χ0) is 34.1. The zero-order valence-electron chi connectivity index (χ0n) is 28.0. The van der Waals surface area contributed by atoms with Crippen molar-refractivity contribution in [2.24, 2.45) is 14.1 Å². The van der Waals surface area contributed by atoms with Crippen LogP contribution in [0.1, 0.15) is 52.3 Å². The van der Waals surface area contributed by atoms with Gasteiger partial charge in [0.05, 0.1) is 36.1 Å². The number of carbonyl (C=O) groups is 1. The summed E-state index contributed by atoms with van der Waals surface area (Å²) in [5.74, 6) is 1.86. The molecule has 7 rings (SSSR count). The second-order valence-corrected chi connectivity index (χ2v) is 14.1. The fourth-order valence-electron chi connectivity index (χ4n) is 6.98. The molecule has 0 saturated carbocycles. The van der Waals surface area contributed by atoms with Crippen molar-refractivity contribution in [1.82, 2.24) is 24.1 Å². The minimum atomic E-state index is -0.375. The third kappa shape index (κ3) is 6.81. The summed E-state index contributed by atoms with van der Waals surface area (Å²) in [5, 5.41) is 12.4. The first kappa shape index (κ1) is 33.2. The molecule has 49 heavy (non-hydrogen) atoms. The van der Waals surface area contributed by atoms with Crippen LogP contribution in [0.2, 0.25) is 5.02 Å². The topological polar surface area (TPSA) is 76.1 Å². The molecule has 0 aliphatic carbocycles. The first-order valence-electron chi connectivity index (χ1n) is 16.7. The molecule has 6 bridgehead atoms. The molecule has 0 radical (unpaired) electrons. The normalized spacial score (nSPS) is 14.8. The van der Waals surface area contributed by atoms with E-state index in [1.54, 1.807) is 16.8 Å². The summed E-state index contributed by atoms with van der Waals surface area (Å²) < 4.78 is 32.0. The van der Waals surface area contributed by atoms with E-state index < -0.39 is 0 Å². The van der Waals surface area contributed by atoms with Crippen LogP contribution in [-0.4, -0.2) is 49.6 Å². The summed E-state index contributed by atoms with van der Waals surface area (Å²) in [5.41, 5.74) is 7.41. The summed E-state index contributed by atoms with van der Waals surface area (Å²) in [6.07, 6.45) is 8.43. The van der Waals surface area contributed by atoms with Crippen LogP contribution in [0.5, 0.6) is 5.75 Å². The van der Waals surface area contributed by atoms with Gasteiger partial charge in [0.1, 0.15) is 17.3 Å². The van der Waals surface area contributed by atoms with Gasteiger partial charge in [-0.2, -0.15) is 22.0 Å². The molecule has 0 fully saturated rings. The highest BCUT2D eigenvalue weighted by atomic mass is 35.5. The van der Waals surface area contributed by atoms with Crippen LogP contribution < -0.4 is 4.74 Å². The molecule has 11 heteroatoms. The minimum Gasteiger partial charge on any atom is -0.493 e. The Morgan fingerprint density at radius 2 is 1.88 bits per heavy atom. The van der Waals surface area contributed by atoms with Crippen molar-refractivity contribution < 1.29 is 18.7 Å². The van der Waals surface area contributed by atoms with Crippen molar-refractivity contribution in [2.75, 3.05) is 19.5 Å². The molecule has 0 atom stereocenters. The fourth-order valence-corrected chi connectivity index (χ4v) is 8.15. The van der Waals surface area contributed by atoms with E-state index in [2.05, 4.69) is 27.9 Å². The van der Waals surface area contributed by atoms with Gasteiger partial charge in [0.2, 0.25) is 0 Å². The van der Waals surface area contributed by atoms with Gasteiger partial charge in [-0.3, -0.25) is 9.36 Å². The summed E-state index contributed by atoms with van der Waals surface area (Å²) >= 11 is 8.78. The van der Waals surface area contributed by atoms with Crippen molar-refractivity contribution >= 4 is 51.0 Å². The highest BCUT2D eigenvalue weighted by Gasteiger charge is 2.27. The summed E-state index contributed by atoms with van der Waals surface area (Å²) in [6.45, 7) is 1.04. The lowest BCUT2D eigenvalue weighted by Gasteiger charge is -2.14. The van der Waals surface area contributed by atoms with Crippen molar-refractivity contribution in [3.63, 3.8) is 0 Å². The molecule has 4 heterocycles. The monoisotopic (exact) mass is 699 g/mol. The number of nitrogens with zero attached hydrogens (tertiary/aromatic N) is 5. The lowest BCUT2D eigenvalue weighted by molar-refractivity contribution is 0.0587. The van der Waals surface area contributed by atoms with E-state index in [9.17, 15) is 9.18 Å². The van der Waals surface area contributed by atoms with Crippen LogP contribution in [0.25, 0.3) is 32.8 Å². The SMILES string of the molecule is COC(=O)c1c2c3ccc(Cl)c(-c4cnn(C)c4)c3n1CCCCSCc1cc(n(C)n1)CCc1cc(c3ccc(F)cc3c1)OCCC2. The number of hydrogen-bond acceptors (Lipinski definition) is 6. The lowest BCUT2D eigenvalue weighted by Crippen LogP contribution is -2.14.